The van der Waals surface area contributed by atoms with Gasteiger partial charge in [0.05, 0.1) is 16.0 Å². The van der Waals surface area contributed by atoms with Crippen LogP contribution >= 0.6 is 35.3 Å². The smallest absolute Gasteiger partial charge is 0.250 e. The fraction of sp³-hybridized carbons (Fsp3) is 0.286. The van der Waals surface area contributed by atoms with Crippen molar-refractivity contribution in [3.8, 4) is 10.6 Å². The first-order valence-corrected chi connectivity index (χ1v) is 14.5. The zero-order valence-electron chi connectivity index (χ0n) is 20.3. The van der Waals surface area contributed by atoms with Crippen molar-refractivity contribution in [2.75, 3.05) is 24.2 Å². The minimum Gasteiger partial charge on any atom is -0.356 e. The molecule has 2 aromatic heterocycles. The van der Waals surface area contributed by atoms with Crippen molar-refractivity contribution < 1.29 is 4.79 Å². The zero-order chi connectivity index (χ0) is 25.5. The van der Waals surface area contributed by atoms with Crippen LogP contribution in [-0.2, 0) is 11.3 Å². The van der Waals surface area contributed by atoms with Gasteiger partial charge in [-0.3, -0.25) is 9.59 Å². The number of pyridine rings is 1. The number of amides is 1. The van der Waals surface area contributed by atoms with Gasteiger partial charge in [0.2, 0.25) is 5.91 Å². The van der Waals surface area contributed by atoms with Gasteiger partial charge in [-0.25, -0.2) is 4.98 Å². The molecule has 6 nitrogen and oxygen atoms in total. The molecule has 6 rings (SSSR count). The highest BCUT2D eigenvalue weighted by molar-refractivity contribution is 8.23. The van der Waals surface area contributed by atoms with Crippen molar-refractivity contribution in [1.82, 2.24) is 14.5 Å². The number of hydrogen-bond acceptors (Lipinski definition) is 6. The molecule has 1 fully saturated rings. The van der Waals surface area contributed by atoms with Crippen LogP contribution in [0.25, 0.3) is 20.8 Å². The summed E-state index contributed by atoms with van der Waals surface area (Å²) in [6, 6.07) is 19.6. The molecule has 2 aliphatic rings. The summed E-state index contributed by atoms with van der Waals surface area (Å²) in [6.07, 6.45) is 1.08. The summed E-state index contributed by atoms with van der Waals surface area (Å²) in [5, 5.41) is 3.95. The largest absolute Gasteiger partial charge is 0.356 e. The number of carbonyl (C=O) groups excluding carboxylic acids is 1. The fourth-order valence-corrected chi connectivity index (χ4v) is 7.37. The first-order chi connectivity index (χ1) is 17.9. The lowest BCUT2D eigenvalue weighted by molar-refractivity contribution is -0.113. The first kappa shape index (κ1) is 24.3. The van der Waals surface area contributed by atoms with Gasteiger partial charge in [-0.15, -0.1) is 11.3 Å². The molecule has 4 aromatic rings. The number of thioether (sulfide) groups is 1. The van der Waals surface area contributed by atoms with Crippen LogP contribution < -0.4 is 10.9 Å². The Kier molecular flexibility index (Phi) is 6.60. The third kappa shape index (κ3) is 5.08. The molecular formula is C28H26N4O2S3. The molecule has 2 atom stereocenters. The third-order valence-electron chi connectivity index (χ3n) is 7.02. The Morgan fingerprint density at radius 2 is 1.97 bits per heavy atom. The van der Waals surface area contributed by atoms with Gasteiger partial charge in [-0.1, -0.05) is 36.1 Å². The number of fused-ring (bicyclic) bond motifs is 5. The number of carbonyl (C=O) groups is 1. The molecule has 1 saturated heterocycles. The molecular weight excluding hydrogens is 521 g/mol. The van der Waals surface area contributed by atoms with Crippen LogP contribution in [-0.4, -0.2) is 43.5 Å². The number of thiazole rings is 1. The number of nitrogens with zero attached hydrogens (tertiary/aromatic N) is 3. The second kappa shape index (κ2) is 10.0. The van der Waals surface area contributed by atoms with Gasteiger partial charge in [-0.2, -0.15) is 0 Å². The molecule has 2 aromatic carbocycles. The minimum absolute atomic E-state index is 0.0790. The highest BCUT2D eigenvalue weighted by atomic mass is 32.2. The zero-order valence-corrected chi connectivity index (χ0v) is 22.8. The summed E-state index contributed by atoms with van der Waals surface area (Å²) in [4.78, 5) is 31.8. The summed E-state index contributed by atoms with van der Waals surface area (Å²) in [6.45, 7) is 4.45. The molecule has 0 saturated carbocycles. The average Bonchev–Trinajstić information content (AvgIpc) is 3.31. The first-order valence-electron chi connectivity index (χ1n) is 12.3. The lowest BCUT2D eigenvalue weighted by atomic mass is 9.83. The van der Waals surface area contributed by atoms with Crippen LogP contribution in [0.4, 0.5) is 5.69 Å². The van der Waals surface area contributed by atoms with Crippen molar-refractivity contribution >= 4 is 61.4 Å². The molecule has 1 N–H and O–H groups in total. The molecule has 1 amide bonds. The maximum atomic E-state index is 12.6. The molecule has 0 unspecified atom stereocenters. The van der Waals surface area contributed by atoms with E-state index in [1.807, 2.05) is 34.9 Å². The van der Waals surface area contributed by atoms with Crippen molar-refractivity contribution in [2.45, 2.75) is 25.8 Å². The number of piperidine rings is 1. The number of thiocarbonyl (C=S) groups is 1. The maximum Gasteiger partial charge on any atom is 0.250 e. The van der Waals surface area contributed by atoms with Gasteiger partial charge in [0.15, 0.2) is 0 Å². The predicted octanol–water partition coefficient (Wildman–Crippen LogP) is 5.51. The Balaban J connectivity index is 1.04. The van der Waals surface area contributed by atoms with Crippen LogP contribution in [0.1, 0.15) is 23.6 Å². The molecule has 37 heavy (non-hydrogen) atoms. The SMILES string of the molecule is Cc1ccc2nc(-c3ccc(NC(=O)CSC(=S)N4C[C@H]5C[C@H](C4)c4cccc(=O)n4C5)cc3)sc2c1. The molecule has 0 spiro atoms. The van der Waals surface area contributed by atoms with Crippen molar-refractivity contribution in [3.05, 3.63) is 82.3 Å². The van der Waals surface area contributed by atoms with Gasteiger partial charge in [0.25, 0.3) is 5.56 Å². The topological polar surface area (TPSA) is 67.2 Å². The highest BCUT2D eigenvalue weighted by Gasteiger charge is 2.35. The predicted molar refractivity (Wildman–Crippen MR) is 157 cm³/mol. The lowest BCUT2D eigenvalue weighted by Crippen LogP contribution is -2.48. The van der Waals surface area contributed by atoms with Crippen LogP contribution in [0, 0.1) is 12.8 Å². The van der Waals surface area contributed by atoms with Crippen LogP contribution in [0.2, 0.25) is 0 Å². The summed E-state index contributed by atoms with van der Waals surface area (Å²) in [5.74, 6) is 0.882. The van der Waals surface area contributed by atoms with Crippen LogP contribution in [0.3, 0.4) is 0 Å². The summed E-state index contributed by atoms with van der Waals surface area (Å²) >= 11 is 8.78. The van der Waals surface area contributed by atoms with Gasteiger partial charge < -0.3 is 14.8 Å². The third-order valence-corrected chi connectivity index (χ3v) is 9.61. The van der Waals surface area contributed by atoms with E-state index in [0.717, 1.165) is 57.8 Å². The van der Waals surface area contributed by atoms with E-state index in [9.17, 15) is 9.59 Å². The van der Waals surface area contributed by atoms with Gasteiger partial charge in [-0.05, 0) is 67.3 Å². The van der Waals surface area contributed by atoms with Crippen LogP contribution in [0.15, 0.2) is 65.5 Å². The van der Waals surface area contributed by atoms with Crippen molar-refractivity contribution in [2.24, 2.45) is 5.92 Å². The Bertz CT molecular complexity index is 1560. The normalized spacial score (nSPS) is 18.5. The number of aryl methyl sites for hydroxylation is 1. The highest BCUT2D eigenvalue weighted by Crippen LogP contribution is 2.36. The molecule has 0 aliphatic carbocycles. The number of hydrogen-bond donors (Lipinski definition) is 1. The van der Waals surface area contributed by atoms with Crippen molar-refractivity contribution in [3.63, 3.8) is 0 Å². The van der Waals surface area contributed by atoms with E-state index in [2.05, 4.69) is 41.4 Å². The number of nitrogens with one attached hydrogen (secondary N) is 1. The Morgan fingerprint density at radius 1 is 1.14 bits per heavy atom. The monoisotopic (exact) mass is 546 g/mol. The van der Waals surface area contributed by atoms with E-state index < -0.39 is 0 Å². The second-order valence-electron chi connectivity index (χ2n) is 9.77. The van der Waals surface area contributed by atoms with E-state index in [1.165, 1.54) is 22.0 Å². The Labute approximate surface area is 228 Å². The maximum absolute atomic E-state index is 12.6. The lowest BCUT2D eigenvalue weighted by Gasteiger charge is -2.43. The number of aromatic nitrogens is 2. The molecule has 4 heterocycles. The minimum atomic E-state index is -0.0790. The van der Waals surface area contributed by atoms with E-state index in [0.29, 0.717) is 11.8 Å². The number of likely N-dealkylation sites (tertiary alicyclic amines) is 1. The Morgan fingerprint density at radius 3 is 2.81 bits per heavy atom. The molecule has 188 valence electrons. The van der Waals surface area contributed by atoms with Crippen LogP contribution in [0.5, 0.6) is 0 Å². The van der Waals surface area contributed by atoms with E-state index in [-0.39, 0.29) is 17.2 Å². The number of anilines is 1. The van der Waals surface area contributed by atoms with Crippen molar-refractivity contribution in [1.29, 1.82) is 0 Å². The van der Waals surface area contributed by atoms with E-state index in [1.54, 1.807) is 17.4 Å². The average molecular weight is 547 g/mol. The molecule has 9 heteroatoms. The van der Waals surface area contributed by atoms with E-state index in [4.69, 9.17) is 17.2 Å². The number of rotatable bonds is 4. The van der Waals surface area contributed by atoms with Gasteiger partial charge in [0.1, 0.15) is 9.33 Å². The van der Waals surface area contributed by atoms with E-state index >= 15 is 0 Å². The molecule has 2 bridgehead atoms. The summed E-state index contributed by atoms with van der Waals surface area (Å²) in [7, 11) is 0. The summed E-state index contributed by atoms with van der Waals surface area (Å²) in [5.41, 5.74) is 5.20. The summed E-state index contributed by atoms with van der Waals surface area (Å²) < 4.78 is 3.84. The van der Waals surface area contributed by atoms with Gasteiger partial charge in [0, 0.05) is 48.6 Å². The molecule has 2 aliphatic heterocycles. The second-order valence-corrected chi connectivity index (χ2v) is 12.4. The Hall–Kier alpha value is -3.01. The quantitative estimate of drug-likeness (QED) is 0.341. The number of benzene rings is 2. The standard InChI is InChI=1S/C28H26N4O2S3/c1-17-5-10-22-24(11-17)37-27(30-22)19-6-8-21(9-7-19)29-25(33)16-36-28(35)31-13-18-12-20(15-31)23-3-2-4-26(34)32(23)14-18/h2-11,18,20H,12-16H2,1H3,(H,29,33)/t18-,20-/m1/s1. The fourth-order valence-electron chi connectivity index (χ4n) is 5.31. The van der Waals surface area contributed by atoms with Gasteiger partial charge >= 0.3 is 0 Å². The molecule has 0 radical (unpaired) electrons.